The number of pyridine rings is 2. The van der Waals surface area contributed by atoms with Crippen LogP contribution in [-0.4, -0.2) is 51.9 Å². The second-order valence-electron chi connectivity index (χ2n) is 11.7. The molecule has 4 aromatic rings. The van der Waals surface area contributed by atoms with Crippen molar-refractivity contribution in [3.63, 3.8) is 0 Å². The van der Waals surface area contributed by atoms with Crippen LogP contribution in [0.2, 0.25) is 0 Å². The normalized spacial score (nSPS) is 17.9. The number of methoxy groups -OCH3 is 1. The maximum Gasteiger partial charge on any atom is 0.328 e. The number of aromatic nitrogens is 2. The Balaban J connectivity index is 1.40. The molecule has 9 heteroatoms. The molecule has 6 rings (SSSR count). The van der Waals surface area contributed by atoms with Crippen LogP contribution in [-0.2, 0) is 30.0 Å². The summed E-state index contributed by atoms with van der Waals surface area (Å²) in [6.07, 6.45) is 5.60. The number of ether oxygens (including phenoxy) is 2. The molecule has 0 saturated carbocycles. The van der Waals surface area contributed by atoms with Crippen molar-refractivity contribution in [3.8, 4) is 11.5 Å². The summed E-state index contributed by atoms with van der Waals surface area (Å²) in [5, 5.41) is 0. The number of rotatable bonds is 10. The fourth-order valence-corrected chi connectivity index (χ4v) is 6.19. The second kappa shape index (κ2) is 12.4. The van der Waals surface area contributed by atoms with Crippen LogP contribution < -0.4 is 14.4 Å². The molecule has 226 valence electrons. The number of carbonyl (C=O) groups excluding carboxylic acids is 2. The molecule has 2 aliphatic rings. The van der Waals surface area contributed by atoms with Crippen LogP contribution in [0.15, 0.2) is 91.4 Å². The highest BCUT2D eigenvalue weighted by Gasteiger charge is 2.60. The van der Waals surface area contributed by atoms with E-state index in [0.717, 1.165) is 34.7 Å². The topological polar surface area (TPSA) is 88.1 Å². The van der Waals surface area contributed by atoms with Gasteiger partial charge in [-0.3, -0.25) is 19.7 Å². The summed E-state index contributed by atoms with van der Waals surface area (Å²) in [6, 6.07) is 22.7. The molecule has 1 fully saturated rings. The summed E-state index contributed by atoms with van der Waals surface area (Å²) in [5.41, 5.74) is 3.09. The van der Waals surface area contributed by atoms with Crippen molar-refractivity contribution >= 4 is 17.6 Å². The van der Waals surface area contributed by atoms with Gasteiger partial charge in [0, 0.05) is 55.4 Å². The van der Waals surface area contributed by atoms with Crippen LogP contribution >= 0.6 is 0 Å². The number of hydrogen-bond acceptors (Lipinski definition) is 7. The molecule has 1 unspecified atom stereocenters. The van der Waals surface area contributed by atoms with Gasteiger partial charge in [-0.1, -0.05) is 44.2 Å². The van der Waals surface area contributed by atoms with E-state index < -0.39 is 5.54 Å². The van der Waals surface area contributed by atoms with Crippen LogP contribution in [0.3, 0.4) is 0 Å². The third-order valence-electron chi connectivity index (χ3n) is 8.28. The van der Waals surface area contributed by atoms with Crippen molar-refractivity contribution in [2.75, 3.05) is 25.1 Å². The quantitative estimate of drug-likeness (QED) is 0.216. The van der Waals surface area contributed by atoms with Crippen molar-refractivity contribution in [2.24, 2.45) is 5.92 Å². The van der Waals surface area contributed by atoms with Crippen molar-refractivity contribution in [1.29, 1.82) is 0 Å². The van der Waals surface area contributed by atoms with E-state index in [1.807, 2.05) is 72.8 Å². The molecule has 0 radical (unpaired) electrons. The number of urea groups is 1. The molecular weight excluding hydrogens is 554 g/mol. The van der Waals surface area contributed by atoms with E-state index in [1.54, 1.807) is 30.6 Å². The zero-order chi connectivity index (χ0) is 30.7. The van der Waals surface area contributed by atoms with E-state index in [4.69, 9.17) is 9.47 Å². The monoisotopic (exact) mass is 591 g/mol. The Morgan fingerprint density at radius 2 is 1.73 bits per heavy atom. The lowest BCUT2D eigenvalue weighted by Crippen LogP contribution is -2.53. The Morgan fingerprint density at radius 3 is 2.43 bits per heavy atom. The van der Waals surface area contributed by atoms with Gasteiger partial charge in [0.15, 0.2) is 5.54 Å². The number of anilines is 1. The molecular formula is C35H37N5O4. The maximum absolute atomic E-state index is 14.6. The first kappa shape index (κ1) is 29.2. The van der Waals surface area contributed by atoms with Gasteiger partial charge in [0.2, 0.25) is 0 Å². The third-order valence-corrected chi connectivity index (χ3v) is 8.28. The molecule has 0 N–H and O–H groups in total. The van der Waals surface area contributed by atoms with Crippen molar-refractivity contribution in [1.82, 2.24) is 19.8 Å². The number of amides is 3. The Labute approximate surface area is 258 Å². The van der Waals surface area contributed by atoms with E-state index in [2.05, 4.69) is 28.7 Å². The number of nitrogens with zero attached hydrogens (tertiary/aromatic N) is 5. The van der Waals surface area contributed by atoms with E-state index in [9.17, 15) is 9.59 Å². The molecule has 44 heavy (non-hydrogen) atoms. The van der Waals surface area contributed by atoms with Gasteiger partial charge in [-0.2, -0.15) is 0 Å². The average molecular weight is 592 g/mol. The zero-order valence-electron chi connectivity index (χ0n) is 25.3. The van der Waals surface area contributed by atoms with Crippen LogP contribution in [0.5, 0.6) is 11.5 Å². The second-order valence-corrected chi connectivity index (χ2v) is 11.7. The zero-order valence-corrected chi connectivity index (χ0v) is 25.3. The lowest BCUT2D eigenvalue weighted by atomic mass is 9.80. The largest absolute Gasteiger partial charge is 0.497 e. The minimum absolute atomic E-state index is 0.109. The fourth-order valence-electron chi connectivity index (χ4n) is 6.19. The van der Waals surface area contributed by atoms with Gasteiger partial charge >= 0.3 is 6.03 Å². The Morgan fingerprint density at radius 1 is 0.909 bits per heavy atom. The standard InChI is InChI=1S/C35H37N5O4/c1-25(2)21-38-18-15-35(31-14-13-30(19-32(31)38)44-24-26-9-11-29(43-3)12-10-26)33(41)39(23-28-8-4-5-17-37-28)34(42)40(35)22-27-7-6-16-36-20-27/h4-14,16-17,19-20,25H,15,18,21-24H2,1-3H3. The van der Waals surface area contributed by atoms with Gasteiger partial charge in [0.05, 0.1) is 25.9 Å². The highest BCUT2D eigenvalue weighted by molar-refractivity contribution is 6.08. The first-order chi connectivity index (χ1) is 21.4. The summed E-state index contributed by atoms with van der Waals surface area (Å²) in [5.74, 6) is 1.66. The number of imide groups is 1. The molecule has 1 saturated heterocycles. The molecule has 2 aliphatic heterocycles. The van der Waals surface area contributed by atoms with E-state index in [1.165, 1.54) is 4.90 Å². The smallest absolute Gasteiger partial charge is 0.328 e. The third kappa shape index (κ3) is 5.57. The summed E-state index contributed by atoms with van der Waals surface area (Å²) in [4.78, 5) is 42.8. The highest BCUT2D eigenvalue weighted by Crippen LogP contribution is 2.49. The van der Waals surface area contributed by atoms with Gasteiger partial charge in [-0.05, 0) is 53.4 Å². The predicted octanol–water partition coefficient (Wildman–Crippen LogP) is 5.79. The van der Waals surface area contributed by atoms with Crippen LogP contribution in [0, 0.1) is 5.92 Å². The maximum atomic E-state index is 14.6. The average Bonchev–Trinajstić information content (AvgIpc) is 3.23. The minimum atomic E-state index is -1.17. The molecule has 2 aromatic heterocycles. The molecule has 1 spiro atoms. The summed E-state index contributed by atoms with van der Waals surface area (Å²) in [6.45, 7) is 6.55. The van der Waals surface area contributed by atoms with E-state index in [0.29, 0.717) is 36.9 Å². The minimum Gasteiger partial charge on any atom is -0.497 e. The highest BCUT2D eigenvalue weighted by atomic mass is 16.5. The molecule has 3 amide bonds. The van der Waals surface area contributed by atoms with Crippen LogP contribution in [0.4, 0.5) is 10.5 Å². The van der Waals surface area contributed by atoms with Gasteiger partial charge in [0.25, 0.3) is 5.91 Å². The lowest BCUT2D eigenvalue weighted by Gasteiger charge is -2.45. The summed E-state index contributed by atoms with van der Waals surface area (Å²) >= 11 is 0. The number of benzene rings is 2. The molecule has 2 aromatic carbocycles. The molecule has 1 atom stereocenters. The first-order valence-electron chi connectivity index (χ1n) is 15.0. The lowest BCUT2D eigenvalue weighted by molar-refractivity contribution is -0.134. The summed E-state index contributed by atoms with van der Waals surface area (Å²) in [7, 11) is 1.65. The SMILES string of the molecule is COc1ccc(COc2ccc3c(c2)N(CC(C)C)CCC32C(=O)N(Cc3ccccn3)C(=O)N2Cc2cccnc2)cc1. The van der Waals surface area contributed by atoms with Gasteiger partial charge in [-0.25, -0.2) is 4.79 Å². The van der Waals surface area contributed by atoms with E-state index >= 15 is 0 Å². The van der Waals surface area contributed by atoms with Crippen molar-refractivity contribution in [2.45, 2.75) is 45.5 Å². The molecule has 9 nitrogen and oxygen atoms in total. The first-order valence-corrected chi connectivity index (χ1v) is 15.0. The molecule has 0 bridgehead atoms. The van der Waals surface area contributed by atoms with E-state index in [-0.39, 0.29) is 25.0 Å². The van der Waals surface area contributed by atoms with Gasteiger partial charge in [-0.15, -0.1) is 0 Å². The molecule has 4 heterocycles. The van der Waals surface area contributed by atoms with Crippen LogP contribution in [0.25, 0.3) is 0 Å². The number of fused-ring (bicyclic) bond motifs is 2. The number of carbonyl (C=O) groups is 2. The predicted molar refractivity (Wildman–Crippen MR) is 167 cm³/mol. The summed E-state index contributed by atoms with van der Waals surface area (Å²) < 4.78 is 11.5. The Kier molecular flexibility index (Phi) is 8.19. The van der Waals surface area contributed by atoms with Crippen molar-refractivity contribution in [3.05, 3.63) is 114 Å². The fraction of sp³-hybridized carbons (Fsp3) is 0.314. The Bertz CT molecular complexity index is 1610. The van der Waals surface area contributed by atoms with Crippen molar-refractivity contribution < 1.29 is 19.1 Å². The van der Waals surface area contributed by atoms with Gasteiger partial charge < -0.3 is 19.3 Å². The Hall–Kier alpha value is -4.92. The van der Waals surface area contributed by atoms with Gasteiger partial charge in [0.1, 0.15) is 18.1 Å². The molecule has 0 aliphatic carbocycles. The number of hydrogen-bond donors (Lipinski definition) is 0. The van der Waals surface area contributed by atoms with Crippen LogP contribution in [0.1, 0.15) is 42.7 Å².